The van der Waals surface area contributed by atoms with Crippen molar-refractivity contribution in [2.75, 3.05) is 43.5 Å². The Morgan fingerprint density at radius 1 is 1.00 bits per heavy atom. The smallest absolute Gasteiger partial charge is 0.257 e. The summed E-state index contributed by atoms with van der Waals surface area (Å²) in [7, 11) is 1.61. The lowest BCUT2D eigenvalue weighted by Crippen LogP contribution is -2.49. The van der Waals surface area contributed by atoms with Gasteiger partial charge in [0.15, 0.2) is 0 Å². The van der Waals surface area contributed by atoms with Gasteiger partial charge in [-0.2, -0.15) is 0 Å². The summed E-state index contributed by atoms with van der Waals surface area (Å²) in [5, 5.41) is 3.23. The van der Waals surface area contributed by atoms with Crippen LogP contribution in [0.3, 0.4) is 0 Å². The molecule has 1 aromatic carbocycles. The van der Waals surface area contributed by atoms with Crippen LogP contribution in [0.15, 0.2) is 61.2 Å². The molecule has 0 bridgehead atoms. The first-order valence-electron chi connectivity index (χ1n) is 9.41. The highest BCUT2D eigenvalue weighted by molar-refractivity contribution is 5.99. The van der Waals surface area contributed by atoms with Crippen molar-refractivity contribution < 1.29 is 9.53 Å². The van der Waals surface area contributed by atoms with Gasteiger partial charge in [0.05, 0.1) is 24.6 Å². The second kappa shape index (κ2) is 8.55. The Morgan fingerprint density at radius 3 is 2.59 bits per heavy atom. The summed E-state index contributed by atoms with van der Waals surface area (Å²) >= 11 is 0. The van der Waals surface area contributed by atoms with Crippen LogP contribution in [0.1, 0.15) is 10.4 Å². The molecule has 1 saturated heterocycles. The highest BCUT2D eigenvalue weighted by Crippen LogP contribution is 2.28. The van der Waals surface area contributed by atoms with E-state index in [1.165, 1.54) is 0 Å². The summed E-state index contributed by atoms with van der Waals surface area (Å²) in [5.41, 5.74) is 1.29. The Labute approximate surface area is 169 Å². The Bertz CT molecular complexity index is 974. The molecule has 2 aromatic heterocycles. The van der Waals surface area contributed by atoms with Crippen LogP contribution in [0, 0.1) is 0 Å². The van der Waals surface area contributed by atoms with Gasteiger partial charge in [0, 0.05) is 44.8 Å². The number of amides is 1. The monoisotopic (exact) mass is 390 g/mol. The summed E-state index contributed by atoms with van der Waals surface area (Å²) in [5.74, 6) is 1.99. The third-order valence-corrected chi connectivity index (χ3v) is 4.84. The van der Waals surface area contributed by atoms with Crippen LogP contribution in [0.4, 0.5) is 17.3 Å². The van der Waals surface area contributed by atoms with Gasteiger partial charge < -0.3 is 19.9 Å². The molecule has 3 aromatic rings. The van der Waals surface area contributed by atoms with Crippen molar-refractivity contribution in [3.05, 3.63) is 66.7 Å². The number of carbonyl (C=O) groups is 1. The highest BCUT2D eigenvalue weighted by Gasteiger charge is 2.25. The van der Waals surface area contributed by atoms with E-state index in [2.05, 4.69) is 25.2 Å². The SMILES string of the molecule is COc1ccccc1Nc1ncccc1C(=O)N1CCN(c2cnccn2)CC1. The molecule has 1 aliphatic heterocycles. The second-order valence-electron chi connectivity index (χ2n) is 6.57. The van der Waals surface area contributed by atoms with Crippen LogP contribution >= 0.6 is 0 Å². The maximum atomic E-state index is 13.2. The number of aromatic nitrogens is 3. The topological polar surface area (TPSA) is 83.5 Å². The molecule has 8 heteroatoms. The molecule has 0 unspecified atom stereocenters. The lowest BCUT2D eigenvalue weighted by Gasteiger charge is -2.35. The predicted octanol–water partition coefficient (Wildman–Crippen LogP) is 2.59. The van der Waals surface area contributed by atoms with Gasteiger partial charge in [-0.3, -0.25) is 9.78 Å². The second-order valence-corrected chi connectivity index (χ2v) is 6.57. The molecule has 1 fully saturated rings. The van der Waals surface area contributed by atoms with Gasteiger partial charge in [-0.05, 0) is 24.3 Å². The third kappa shape index (κ3) is 4.11. The molecular formula is C21H22N6O2. The first-order valence-corrected chi connectivity index (χ1v) is 9.41. The van der Waals surface area contributed by atoms with Gasteiger partial charge in [-0.1, -0.05) is 12.1 Å². The van der Waals surface area contributed by atoms with Crippen molar-refractivity contribution in [3.8, 4) is 5.75 Å². The van der Waals surface area contributed by atoms with Gasteiger partial charge >= 0.3 is 0 Å². The standard InChI is InChI=1S/C21H22N6O2/c1-29-18-7-3-2-6-17(18)25-20-16(5-4-8-24-20)21(28)27-13-11-26(12-14-27)19-15-22-9-10-23-19/h2-10,15H,11-14H2,1H3,(H,24,25). The van der Waals surface area contributed by atoms with Crippen LogP contribution in [-0.4, -0.2) is 59.0 Å². The predicted molar refractivity (Wildman–Crippen MR) is 111 cm³/mol. The van der Waals surface area contributed by atoms with Crippen molar-refractivity contribution in [3.63, 3.8) is 0 Å². The van der Waals surface area contributed by atoms with Crippen molar-refractivity contribution in [2.45, 2.75) is 0 Å². The number of nitrogens with zero attached hydrogens (tertiary/aromatic N) is 5. The molecule has 1 N–H and O–H groups in total. The molecule has 0 spiro atoms. The first kappa shape index (κ1) is 18.7. The minimum atomic E-state index is -0.0470. The van der Waals surface area contributed by atoms with E-state index in [1.807, 2.05) is 29.2 Å². The van der Waals surface area contributed by atoms with Crippen LogP contribution in [0.25, 0.3) is 0 Å². The molecule has 29 heavy (non-hydrogen) atoms. The molecule has 148 valence electrons. The van der Waals surface area contributed by atoms with Gasteiger partial charge in [-0.15, -0.1) is 0 Å². The molecule has 0 radical (unpaired) electrons. The average molecular weight is 390 g/mol. The minimum absolute atomic E-state index is 0.0470. The summed E-state index contributed by atoms with van der Waals surface area (Å²) < 4.78 is 5.39. The third-order valence-electron chi connectivity index (χ3n) is 4.84. The van der Waals surface area contributed by atoms with Crippen LogP contribution in [-0.2, 0) is 0 Å². The number of benzene rings is 1. The van der Waals surface area contributed by atoms with Crippen LogP contribution < -0.4 is 15.0 Å². The van der Waals surface area contributed by atoms with E-state index in [0.717, 1.165) is 11.5 Å². The average Bonchev–Trinajstić information content (AvgIpc) is 2.80. The molecule has 0 aliphatic carbocycles. The zero-order chi connectivity index (χ0) is 20.1. The molecule has 1 amide bonds. The van der Waals surface area contributed by atoms with Gasteiger partial charge in [-0.25, -0.2) is 9.97 Å². The quantitative estimate of drug-likeness (QED) is 0.717. The van der Waals surface area contributed by atoms with Gasteiger partial charge in [0.2, 0.25) is 0 Å². The number of pyridine rings is 1. The van der Waals surface area contributed by atoms with E-state index in [9.17, 15) is 4.79 Å². The summed E-state index contributed by atoms with van der Waals surface area (Å²) in [6.45, 7) is 2.64. The summed E-state index contributed by atoms with van der Waals surface area (Å²) in [6.07, 6.45) is 6.74. The van der Waals surface area contributed by atoms with Gasteiger partial charge in [0.1, 0.15) is 17.4 Å². The van der Waals surface area contributed by atoms with E-state index >= 15 is 0 Å². The number of rotatable bonds is 5. The number of methoxy groups -OCH3 is 1. The summed E-state index contributed by atoms with van der Waals surface area (Å²) in [4.78, 5) is 30.0. The van der Waals surface area contributed by atoms with E-state index in [0.29, 0.717) is 43.3 Å². The minimum Gasteiger partial charge on any atom is -0.495 e. The fourth-order valence-electron chi connectivity index (χ4n) is 3.32. The fraction of sp³-hybridized carbons (Fsp3) is 0.238. The molecule has 4 rings (SSSR count). The normalized spacial score (nSPS) is 13.8. The highest BCUT2D eigenvalue weighted by atomic mass is 16.5. The number of piperazine rings is 1. The van der Waals surface area contributed by atoms with E-state index in [4.69, 9.17) is 4.74 Å². The van der Waals surface area contributed by atoms with E-state index < -0.39 is 0 Å². The van der Waals surface area contributed by atoms with Crippen molar-refractivity contribution >= 4 is 23.2 Å². The lowest BCUT2D eigenvalue weighted by atomic mass is 10.2. The lowest BCUT2D eigenvalue weighted by molar-refractivity contribution is 0.0747. The largest absolute Gasteiger partial charge is 0.495 e. The Hall–Kier alpha value is -3.68. The fourth-order valence-corrected chi connectivity index (χ4v) is 3.32. The van der Waals surface area contributed by atoms with E-state index in [1.54, 1.807) is 44.0 Å². The maximum absolute atomic E-state index is 13.2. The number of para-hydroxylation sites is 2. The Balaban J connectivity index is 1.49. The Morgan fingerprint density at radius 2 is 1.83 bits per heavy atom. The number of ether oxygens (including phenoxy) is 1. The number of hydrogen-bond acceptors (Lipinski definition) is 7. The van der Waals surface area contributed by atoms with Gasteiger partial charge in [0.25, 0.3) is 5.91 Å². The maximum Gasteiger partial charge on any atom is 0.257 e. The molecule has 8 nitrogen and oxygen atoms in total. The number of nitrogens with one attached hydrogen (secondary N) is 1. The molecule has 0 atom stereocenters. The molecule has 1 aliphatic rings. The molecular weight excluding hydrogens is 368 g/mol. The first-order chi connectivity index (χ1) is 14.3. The van der Waals surface area contributed by atoms with E-state index in [-0.39, 0.29) is 5.91 Å². The zero-order valence-corrected chi connectivity index (χ0v) is 16.2. The molecule has 3 heterocycles. The number of hydrogen-bond donors (Lipinski definition) is 1. The zero-order valence-electron chi connectivity index (χ0n) is 16.2. The van der Waals surface area contributed by atoms with Crippen molar-refractivity contribution in [1.29, 1.82) is 0 Å². The Kier molecular flexibility index (Phi) is 5.51. The van der Waals surface area contributed by atoms with Crippen molar-refractivity contribution in [1.82, 2.24) is 19.9 Å². The van der Waals surface area contributed by atoms with Crippen LogP contribution in [0.2, 0.25) is 0 Å². The van der Waals surface area contributed by atoms with Crippen LogP contribution in [0.5, 0.6) is 5.75 Å². The number of anilines is 3. The number of carbonyl (C=O) groups excluding carboxylic acids is 1. The molecule has 0 saturated carbocycles. The van der Waals surface area contributed by atoms with Crippen molar-refractivity contribution in [2.24, 2.45) is 0 Å². The summed E-state index contributed by atoms with van der Waals surface area (Å²) in [6, 6.07) is 11.1.